The molecule has 0 saturated heterocycles. The van der Waals surface area contributed by atoms with E-state index >= 15 is 0 Å². The molecule has 82 valence electrons. The van der Waals surface area contributed by atoms with Crippen LogP contribution in [0.25, 0.3) is 0 Å². The second-order valence-corrected chi connectivity index (χ2v) is 3.45. The van der Waals surface area contributed by atoms with Crippen LogP contribution in [0.4, 0.5) is 4.39 Å². The molecule has 1 aromatic carbocycles. The highest BCUT2D eigenvalue weighted by molar-refractivity contribution is 5.16. The summed E-state index contributed by atoms with van der Waals surface area (Å²) in [7, 11) is 0. The molecule has 0 amide bonds. The average Bonchev–Trinajstić information content (AvgIpc) is 2.30. The van der Waals surface area contributed by atoms with Gasteiger partial charge in [-0.3, -0.25) is 0 Å². The summed E-state index contributed by atoms with van der Waals surface area (Å²) in [5.41, 5.74) is 1.79. The molecule has 1 N–H and O–H groups in total. The van der Waals surface area contributed by atoms with Crippen LogP contribution in [0, 0.1) is 5.82 Å². The maximum Gasteiger partial charge on any atom is 0.123 e. The maximum absolute atomic E-state index is 12.9. The zero-order chi connectivity index (χ0) is 11.2. The Morgan fingerprint density at radius 1 is 1.12 bits per heavy atom. The summed E-state index contributed by atoms with van der Waals surface area (Å²) in [5, 5.41) is 10.9. The van der Waals surface area contributed by atoms with E-state index in [9.17, 15) is 4.39 Å². The number of nitrogens with one attached hydrogen (secondary N) is 1. The summed E-state index contributed by atoms with van der Waals surface area (Å²) >= 11 is 0. The second kappa shape index (κ2) is 5.32. The van der Waals surface area contributed by atoms with Crippen LogP contribution in [-0.2, 0) is 13.1 Å². The van der Waals surface area contributed by atoms with Crippen molar-refractivity contribution in [2.24, 2.45) is 0 Å². The molecular weight excluding hydrogens is 205 g/mol. The van der Waals surface area contributed by atoms with Crippen LogP contribution in [0.3, 0.4) is 0 Å². The van der Waals surface area contributed by atoms with E-state index in [1.54, 1.807) is 12.3 Å². The summed E-state index contributed by atoms with van der Waals surface area (Å²) in [6.45, 7) is 1.25. The van der Waals surface area contributed by atoms with Crippen LogP contribution in [0.5, 0.6) is 0 Å². The molecule has 2 aromatic rings. The normalized spacial score (nSPS) is 10.3. The Morgan fingerprint density at radius 3 is 2.81 bits per heavy atom. The third-order valence-electron chi connectivity index (χ3n) is 2.15. The number of nitrogens with zero attached hydrogens (tertiary/aromatic N) is 2. The standard InChI is InChI=1S/C12H12FN3/c13-11-4-1-3-10(7-11)8-14-9-12-5-2-6-15-16-12/h1-7,14H,8-9H2. The maximum atomic E-state index is 12.9. The largest absolute Gasteiger partial charge is 0.307 e. The molecule has 0 saturated carbocycles. The minimum atomic E-state index is -0.209. The Bertz CT molecular complexity index is 445. The van der Waals surface area contributed by atoms with Crippen LogP contribution >= 0.6 is 0 Å². The summed E-state index contributed by atoms with van der Waals surface area (Å²) in [6, 6.07) is 10.3. The van der Waals surface area contributed by atoms with E-state index in [1.165, 1.54) is 12.1 Å². The number of hydrogen-bond acceptors (Lipinski definition) is 3. The van der Waals surface area contributed by atoms with Crippen LogP contribution in [0.1, 0.15) is 11.3 Å². The van der Waals surface area contributed by atoms with Crippen LogP contribution in [0.15, 0.2) is 42.6 Å². The summed E-state index contributed by atoms with van der Waals surface area (Å²) in [4.78, 5) is 0. The van der Waals surface area contributed by atoms with Crippen molar-refractivity contribution in [1.29, 1.82) is 0 Å². The van der Waals surface area contributed by atoms with Gasteiger partial charge in [0.2, 0.25) is 0 Å². The minimum Gasteiger partial charge on any atom is -0.307 e. The Balaban J connectivity index is 1.85. The number of benzene rings is 1. The average molecular weight is 217 g/mol. The fraction of sp³-hybridized carbons (Fsp3) is 0.167. The van der Waals surface area contributed by atoms with Crippen LogP contribution in [-0.4, -0.2) is 10.2 Å². The van der Waals surface area contributed by atoms with Gasteiger partial charge in [0.05, 0.1) is 5.69 Å². The monoisotopic (exact) mass is 217 g/mol. The van der Waals surface area contributed by atoms with Gasteiger partial charge < -0.3 is 5.32 Å². The van der Waals surface area contributed by atoms with Gasteiger partial charge in [-0.2, -0.15) is 10.2 Å². The first-order valence-corrected chi connectivity index (χ1v) is 5.06. The van der Waals surface area contributed by atoms with Crippen molar-refractivity contribution < 1.29 is 4.39 Å². The molecule has 0 aliphatic rings. The van der Waals surface area contributed by atoms with E-state index in [1.807, 2.05) is 18.2 Å². The smallest absolute Gasteiger partial charge is 0.123 e. The summed E-state index contributed by atoms with van der Waals surface area (Å²) in [6.07, 6.45) is 1.63. The second-order valence-electron chi connectivity index (χ2n) is 3.45. The molecule has 0 bridgehead atoms. The van der Waals surface area contributed by atoms with Crippen molar-refractivity contribution in [2.45, 2.75) is 13.1 Å². The topological polar surface area (TPSA) is 37.8 Å². The van der Waals surface area contributed by atoms with Gasteiger partial charge in [-0.15, -0.1) is 0 Å². The zero-order valence-electron chi connectivity index (χ0n) is 8.73. The molecule has 0 fully saturated rings. The quantitative estimate of drug-likeness (QED) is 0.850. The predicted octanol–water partition coefficient (Wildman–Crippen LogP) is 1.91. The van der Waals surface area contributed by atoms with Gasteiger partial charge in [-0.1, -0.05) is 12.1 Å². The van der Waals surface area contributed by atoms with Crippen molar-refractivity contribution in [3.05, 3.63) is 59.7 Å². The fourth-order valence-corrected chi connectivity index (χ4v) is 1.41. The molecule has 0 aliphatic heterocycles. The third kappa shape index (κ3) is 3.10. The highest BCUT2D eigenvalue weighted by Crippen LogP contribution is 2.03. The first-order valence-electron chi connectivity index (χ1n) is 5.06. The molecule has 0 unspecified atom stereocenters. The minimum absolute atomic E-state index is 0.209. The lowest BCUT2D eigenvalue weighted by atomic mass is 10.2. The Hall–Kier alpha value is -1.81. The molecule has 0 radical (unpaired) electrons. The first kappa shape index (κ1) is 10.7. The predicted molar refractivity (Wildman–Crippen MR) is 59.0 cm³/mol. The number of hydrogen-bond donors (Lipinski definition) is 1. The van der Waals surface area contributed by atoms with E-state index in [0.717, 1.165) is 11.3 Å². The SMILES string of the molecule is Fc1cccc(CNCc2cccnn2)c1. The van der Waals surface area contributed by atoms with E-state index in [-0.39, 0.29) is 5.82 Å². The van der Waals surface area contributed by atoms with E-state index in [2.05, 4.69) is 15.5 Å². The Labute approximate surface area is 93.3 Å². The third-order valence-corrected chi connectivity index (χ3v) is 2.15. The van der Waals surface area contributed by atoms with Crippen molar-refractivity contribution in [3.63, 3.8) is 0 Å². The summed E-state index contributed by atoms with van der Waals surface area (Å²) < 4.78 is 12.9. The van der Waals surface area contributed by atoms with E-state index < -0.39 is 0 Å². The van der Waals surface area contributed by atoms with Crippen molar-refractivity contribution >= 4 is 0 Å². The molecule has 16 heavy (non-hydrogen) atoms. The molecule has 1 heterocycles. The Kier molecular flexibility index (Phi) is 3.56. The van der Waals surface area contributed by atoms with Gasteiger partial charge in [-0.25, -0.2) is 4.39 Å². The number of aromatic nitrogens is 2. The van der Waals surface area contributed by atoms with Crippen LogP contribution in [0.2, 0.25) is 0 Å². The number of halogens is 1. The molecule has 1 aromatic heterocycles. The van der Waals surface area contributed by atoms with Gasteiger partial charge in [-0.05, 0) is 29.8 Å². The van der Waals surface area contributed by atoms with Gasteiger partial charge in [0.15, 0.2) is 0 Å². The van der Waals surface area contributed by atoms with E-state index in [0.29, 0.717) is 13.1 Å². The van der Waals surface area contributed by atoms with Gasteiger partial charge >= 0.3 is 0 Å². The zero-order valence-corrected chi connectivity index (χ0v) is 8.73. The van der Waals surface area contributed by atoms with Gasteiger partial charge in [0, 0.05) is 19.3 Å². The molecule has 0 spiro atoms. The molecule has 4 heteroatoms. The number of rotatable bonds is 4. The van der Waals surface area contributed by atoms with Crippen molar-refractivity contribution in [2.75, 3.05) is 0 Å². The Morgan fingerprint density at radius 2 is 2.06 bits per heavy atom. The fourth-order valence-electron chi connectivity index (χ4n) is 1.41. The summed E-state index contributed by atoms with van der Waals surface area (Å²) in [5.74, 6) is -0.209. The van der Waals surface area contributed by atoms with Crippen LogP contribution < -0.4 is 5.32 Å². The van der Waals surface area contributed by atoms with Crippen molar-refractivity contribution in [3.8, 4) is 0 Å². The molecule has 0 aliphatic carbocycles. The van der Waals surface area contributed by atoms with Crippen molar-refractivity contribution in [1.82, 2.24) is 15.5 Å². The molecule has 2 rings (SSSR count). The highest BCUT2D eigenvalue weighted by Gasteiger charge is 1.96. The van der Waals surface area contributed by atoms with Gasteiger partial charge in [0.25, 0.3) is 0 Å². The molecular formula is C12H12FN3. The lowest BCUT2D eigenvalue weighted by Crippen LogP contribution is -2.13. The first-order chi connectivity index (χ1) is 7.84. The highest BCUT2D eigenvalue weighted by atomic mass is 19.1. The lowest BCUT2D eigenvalue weighted by molar-refractivity contribution is 0.618. The molecule has 0 atom stereocenters. The van der Waals surface area contributed by atoms with E-state index in [4.69, 9.17) is 0 Å². The lowest BCUT2D eigenvalue weighted by Gasteiger charge is -2.03. The molecule has 3 nitrogen and oxygen atoms in total. The van der Waals surface area contributed by atoms with Gasteiger partial charge in [0.1, 0.15) is 5.82 Å².